The zero-order chi connectivity index (χ0) is 17.6. The molecule has 25 heavy (non-hydrogen) atoms. The van der Waals surface area contributed by atoms with Crippen LogP contribution in [-0.2, 0) is 11.2 Å². The van der Waals surface area contributed by atoms with E-state index in [0.717, 1.165) is 30.0 Å². The van der Waals surface area contributed by atoms with Gasteiger partial charge >= 0.3 is 0 Å². The van der Waals surface area contributed by atoms with Crippen molar-refractivity contribution >= 4 is 23.3 Å². The van der Waals surface area contributed by atoms with Crippen molar-refractivity contribution in [3.8, 4) is 0 Å². The van der Waals surface area contributed by atoms with E-state index in [1.54, 1.807) is 0 Å². The van der Waals surface area contributed by atoms with Crippen molar-refractivity contribution < 1.29 is 4.79 Å². The summed E-state index contributed by atoms with van der Waals surface area (Å²) in [6, 6.07) is 10.2. The quantitative estimate of drug-likeness (QED) is 0.807. The minimum Gasteiger partial charge on any atom is -0.330 e. The van der Waals surface area contributed by atoms with E-state index < -0.39 is 0 Å². The molecule has 1 aromatic heterocycles. The third-order valence-corrected chi connectivity index (χ3v) is 4.08. The molecule has 0 spiro atoms. The molecule has 0 bridgehead atoms. The largest absolute Gasteiger partial charge is 0.330 e. The van der Waals surface area contributed by atoms with Crippen LogP contribution in [0.4, 0.5) is 5.95 Å². The number of benzene rings is 1. The molecule has 1 amide bonds. The maximum atomic E-state index is 12.1. The molecule has 0 saturated heterocycles. The van der Waals surface area contributed by atoms with E-state index in [0.29, 0.717) is 24.7 Å². The van der Waals surface area contributed by atoms with Gasteiger partial charge in [0.25, 0.3) is 0 Å². The number of aromatic amines is 1. The first kappa shape index (κ1) is 17.1. The highest BCUT2D eigenvalue weighted by Crippen LogP contribution is 2.15. The minimum absolute atomic E-state index is 0.0659. The fraction of sp³-hybridized carbons (Fsp3) is 0.368. The summed E-state index contributed by atoms with van der Waals surface area (Å²) in [6.07, 6.45) is 4.38. The van der Waals surface area contributed by atoms with E-state index >= 15 is 0 Å². The third kappa shape index (κ3) is 4.86. The highest BCUT2D eigenvalue weighted by molar-refractivity contribution is 6.09. The Balaban J connectivity index is 1.41. The van der Waals surface area contributed by atoms with Crippen molar-refractivity contribution in [3.05, 3.63) is 47.8 Å². The number of aromatic nitrogens is 2. The maximum absolute atomic E-state index is 12.1. The highest BCUT2D eigenvalue weighted by Gasteiger charge is 2.15. The second-order valence-electron chi connectivity index (χ2n) is 6.55. The standard InChI is InChI=1S/C19H23N5O/c1-13(2)17-12-20-19(21-17)22-18(25)9-8-15-11-16(24-23-15)10-14-6-4-3-5-7-14/h3-7,12-13H,8-11H2,1-2H3,(H2,20,21,22,25). The molecule has 6 nitrogen and oxygen atoms in total. The van der Waals surface area contributed by atoms with Gasteiger partial charge in [-0.15, -0.1) is 0 Å². The Labute approximate surface area is 147 Å². The molecule has 0 radical (unpaired) electrons. The topological polar surface area (TPSA) is 82.5 Å². The fourth-order valence-corrected chi connectivity index (χ4v) is 2.66. The molecule has 130 valence electrons. The Bertz CT molecular complexity index is 789. The maximum Gasteiger partial charge on any atom is 0.227 e. The third-order valence-electron chi connectivity index (χ3n) is 4.08. The lowest BCUT2D eigenvalue weighted by atomic mass is 10.0. The highest BCUT2D eigenvalue weighted by atomic mass is 16.1. The van der Waals surface area contributed by atoms with Crippen LogP contribution in [0.5, 0.6) is 0 Å². The number of hydrogen-bond donors (Lipinski definition) is 2. The van der Waals surface area contributed by atoms with E-state index in [4.69, 9.17) is 0 Å². The van der Waals surface area contributed by atoms with Gasteiger partial charge in [0.1, 0.15) is 0 Å². The lowest BCUT2D eigenvalue weighted by molar-refractivity contribution is -0.116. The van der Waals surface area contributed by atoms with E-state index in [-0.39, 0.29) is 5.91 Å². The predicted molar refractivity (Wildman–Crippen MR) is 100 cm³/mol. The van der Waals surface area contributed by atoms with Crippen molar-refractivity contribution in [2.45, 2.75) is 45.4 Å². The number of carbonyl (C=O) groups is 1. The van der Waals surface area contributed by atoms with Gasteiger partial charge in [-0.2, -0.15) is 10.2 Å². The van der Waals surface area contributed by atoms with E-state index in [1.165, 1.54) is 5.56 Å². The number of nitrogens with zero attached hydrogens (tertiary/aromatic N) is 3. The molecule has 0 saturated carbocycles. The van der Waals surface area contributed by atoms with E-state index in [2.05, 4.69) is 51.5 Å². The Morgan fingerprint density at radius 1 is 1.20 bits per heavy atom. The average molecular weight is 337 g/mol. The predicted octanol–water partition coefficient (Wildman–Crippen LogP) is 3.70. The van der Waals surface area contributed by atoms with Gasteiger partial charge in [0, 0.05) is 31.2 Å². The Kier molecular flexibility index (Phi) is 5.38. The van der Waals surface area contributed by atoms with Crippen LogP contribution in [0, 0.1) is 0 Å². The van der Waals surface area contributed by atoms with Crippen LogP contribution in [-0.4, -0.2) is 27.3 Å². The lowest BCUT2D eigenvalue weighted by Gasteiger charge is -2.03. The zero-order valence-corrected chi connectivity index (χ0v) is 14.6. The second-order valence-corrected chi connectivity index (χ2v) is 6.55. The summed E-state index contributed by atoms with van der Waals surface area (Å²) in [5, 5.41) is 11.3. The van der Waals surface area contributed by atoms with Gasteiger partial charge in [0.15, 0.2) is 0 Å². The molecule has 6 heteroatoms. The minimum atomic E-state index is -0.0659. The van der Waals surface area contributed by atoms with E-state index in [1.807, 2.05) is 24.4 Å². The molecule has 0 atom stereocenters. The summed E-state index contributed by atoms with van der Waals surface area (Å²) in [5.41, 5.74) is 4.18. The molecule has 3 rings (SSSR count). The van der Waals surface area contributed by atoms with Gasteiger partial charge in [0.2, 0.25) is 11.9 Å². The number of H-pyrrole nitrogens is 1. The molecule has 1 aliphatic heterocycles. The number of rotatable bonds is 7. The Morgan fingerprint density at radius 2 is 1.96 bits per heavy atom. The number of hydrogen-bond acceptors (Lipinski definition) is 4. The SMILES string of the molecule is CC(C)c1c[nH]c(NC(=O)CCC2=NN=C(Cc3ccccc3)C2)n1. The summed E-state index contributed by atoms with van der Waals surface area (Å²) >= 11 is 0. The van der Waals surface area contributed by atoms with Crippen molar-refractivity contribution in [3.63, 3.8) is 0 Å². The van der Waals surface area contributed by atoms with Crippen LogP contribution in [0.1, 0.15) is 50.3 Å². The summed E-state index contributed by atoms with van der Waals surface area (Å²) in [5.74, 6) is 0.766. The smallest absolute Gasteiger partial charge is 0.227 e. The molecular weight excluding hydrogens is 314 g/mol. The first-order chi connectivity index (χ1) is 12.1. The summed E-state index contributed by atoms with van der Waals surface area (Å²) in [6.45, 7) is 4.13. The van der Waals surface area contributed by atoms with Gasteiger partial charge < -0.3 is 4.98 Å². The monoisotopic (exact) mass is 337 g/mol. The second kappa shape index (κ2) is 7.88. The number of anilines is 1. The molecular formula is C19H23N5O. The van der Waals surface area contributed by atoms with Gasteiger partial charge in [0.05, 0.1) is 11.4 Å². The number of carbonyl (C=O) groups excluding carboxylic acids is 1. The number of imidazole rings is 1. The molecule has 0 fully saturated rings. The summed E-state index contributed by atoms with van der Waals surface area (Å²) in [4.78, 5) is 19.4. The van der Waals surface area contributed by atoms with Crippen molar-refractivity contribution in [1.29, 1.82) is 0 Å². The normalized spacial score (nSPS) is 13.7. The molecule has 1 aromatic carbocycles. The van der Waals surface area contributed by atoms with Gasteiger partial charge in [-0.25, -0.2) is 4.98 Å². The van der Waals surface area contributed by atoms with Crippen molar-refractivity contribution in [2.75, 3.05) is 5.32 Å². The first-order valence-electron chi connectivity index (χ1n) is 8.60. The van der Waals surface area contributed by atoms with Crippen molar-refractivity contribution in [2.24, 2.45) is 10.2 Å². The number of amides is 1. The van der Waals surface area contributed by atoms with Crippen molar-refractivity contribution in [1.82, 2.24) is 9.97 Å². The average Bonchev–Trinajstić information content (AvgIpc) is 3.23. The van der Waals surface area contributed by atoms with Crippen LogP contribution in [0.2, 0.25) is 0 Å². The molecule has 0 aliphatic carbocycles. The summed E-state index contributed by atoms with van der Waals surface area (Å²) < 4.78 is 0. The van der Waals surface area contributed by atoms with Gasteiger partial charge in [-0.3, -0.25) is 10.1 Å². The van der Waals surface area contributed by atoms with Gasteiger partial charge in [-0.1, -0.05) is 44.2 Å². The van der Waals surface area contributed by atoms with Gasteiger partial charge in [-0.05, 0) is 17.9 Å². The van der Waals surface area contributed by atoms with Crippen LogP contribution in [0.15, 0.2) is 46.7 Å². The van der Waals surface area contributed by atoms with Crippen LogP contribution in [0.3, 0.4) is 0 Å². The zero-order valence-electron chi connectivity index (χ0n) is 14.6. The van der Waals surface area contributed by atoms with Crippen LogP contribution in [0.25, 0.3) is 0 Å². The molecule has 1 aliphatic rings. The number of nitrogens with one attached hydrogen (secondary N) is 2. The summed E-state index contributed by atoms with van der Waals surface area (Å²) in [7, 11) is 0. The first-order valence-corrected chi connectivity index (χ1v) is 8.60. The molecule has 2 heterocycles. The lowest BCUT2D eigenvalue weighted by Crippen LogP contribution is -2.15. The Hall–Kier alpha value is -2.76. The fourth-order valence-electron chi connectivity index (χ4n) is 2.66. The molecule has 2 N–H and O–H groups in total. The molecule has 0 unspecified atom stereocenters. The molecule has 2 aromatic rings. The van der Waals surface area contributed by atoms with Crippen LogP contribution < -0.4 is 5.32 Å². The van der Waals surface area contributed by atoms with Crippen LogP contribution >= 0.6 is 0 Å². The van der Waals surface area contributed by atoms with E-state index in [9.17, 15) is 4.79 Å². The Morgan fingerprint density at radius 3 is 2.68 bits per heavy atom.